The number of hydrogen-bond donors (Lipinski definition) is 3. The van der Waals surface area contributed by atoms with Crippen molar-refractivity contribution in [1.29, 1.82) is 0 Å². The lowest BCUT2D eigenvalue weighted by Crippen LogP contribution is -2.38. The van der Waals surface area contributed by atoms with Crippen molar-refractivity contribution in [1.82, 2.24) is 5.32 Å². The average Bonchev–Trinajstić information content (AvgIpc) is 2.29. The van der Waals surface area contributed by atoms with Gasteiger partial charge in [-0.25, -0.2) is 8.78 Å². The Morgan fingerprint density at radius 3 is 2.53 bits per heavy atom. The summed E-state index contributed by atoms with van der Waals surface area (Å²) in [4.78, 5) is 22.3. The van der Waals surface area contributed by atoms with Crippen LogP contribution in [0.2, 0.25) is 0 Å². The summed E-state index contributed by atoms with van der Waals surface area (Å²) in [5.41, 5.74) is 4.86. The van der Waals surface area contributed by atoms with Gasteiger partial charge in [-0.3, -0.25) is 9.59 Å². The third kappa shape index (κ3) is 3.80. The van der Waals surface area contributed by atoms with E-state index in [1.54, 1.807) is 0 Å². The van der Waals surface area contributed by atoms with Gasteiger partial charge in [0.25, 0.3) is 0 Å². The maximum Gasteiger partial charge on any atom is 0.313 e. The van der Waals surface area contributed by atoms with E-state index in [1.807, 2.05) is 5.32 Å². The first-order chi connectivity index (χ1) is 8.04. The van der Waals surface area contributed by atoms with Crippen LogP contribution < -0.4 is 16.4 Å². The first kappa shape index (κ1) is 13.0. The van der Waals surface area contributed by atoms with Gasteiger partial charge < -0.3 is 16.4 Å². The molecule has 4 N–H and O–H groups in total. The molecule has 0 aliphatic heterocycles. The molecule has 0 atom stereocenters. The fourth-order valence-corrected chi connectivity index (χ4v) is 1.04. The van der Waals surface area contributed by atoms with Gasteiger partial charge in [0.05, 0.1) is 5.69 Å². The Hall–Kier alpha value is -2.02. The van der Waals surface area contributed by atoms with Crippen LogP contribution in [-0.4, -0.2) is 24.9 Å². The number of nitrogens with two attached hydrogens (primary N) is 1. The van der Waals surface area contributed by atoms with Crippen molar-refractivity contribution in [3.63, 3.8) is 0 Å². The van der Waals surface area contributed by atoms with E-state index in [-0.39, 0.29) is 18.8 Å². The van der Waals surface area contributed by atoms with Crippen molar-refractivity contribution >= 4 is 17.5 Å². The molecule has 0 radical (unpaired) electrons. The summed E-state index contributed by atoms with van der Waals surface area (Å²) in [7, 11) is 0. The summed E-state index contributed by atoms with van der Waals surface area (Å²) in [6.07, 6.45) is 0. The molecule has 1 aromatic rings. The van der Waals surface area contributed by atoms with Crippen molar-refractivity contribution in [2.45, 2.75) is 0 Å². The zero-order valence-electron chi connectivity index (χ0n) is 8.80. The summed E-state index contributed by atoms with van der Waals surface area (Å²) in [5, 5.41) is 4.22. The van der Waals surface area contributed by atoms with Gasteiger partial charge in [-0.05, 0) is 12.1 Å². The predicted octanol–water partition coefficient (Wildman–Crippen LogP) is -0.0218. The molecule has 0 fully saturated rings. The number of halogens is 2. The minimum atomic E-state index is -1.04. The van der Waals surface area contributed by atoms with Crippen LogP contribution >= 0.6 is 0 Å². The monoisotopic (exact) mass is 243 g/mol. The largest absolute Gasteiger partial charge is 0.347 e. The van der Waals surface area contributed by atoms with Gasteiger partial charge in [0, 0.05) is 19.2 Å². The van der Waals surface area contributed by atoms with Gasteiger partial charge in [-0.1, -0.05) is 0 Å². The Kier molecular flexibility index (Phi) is 4.53. The molecule has 7 heteroatoms. The SMILES string of the molecule is NCCNC(=O)C(=O)Nc1ccc(F)cc1F. The number of nitrogens with one attached hydrogen (secondary N) is 2. The molecule has 17 heavy (non-hydrogen) atoms. The summed E-state index contributed by atoms with van der Waals surface area (Å²) in [6.45, 7) is 0.322. The third-order valence-electron chi connectivity index (χ3n) is 1.82. The van der Waals surface area contributed by atoms with Crippen molar-refractivity contribution in [3.05, 3.63) is 29.8 Å². The van der Waals surface area contributed by atoms with Gasteiger partial charge in [-0.2, -0.15) is 0 Å². The van der Waals surface area contributed by atoms with E-state index in [1.165, 1.54) is 0 Å². The number of benzene rings is 1. The third-order valence-corrected chi connectivity index (χ3v) is 1.82. The second-order valence-corrected chi connectivity index (χ2v) is 3.12. The standard InChI is InChI=1S/C10H11F2N3O2/c11-6-1-2-8(7(12)5-6)15-10(17)9(16)14-4-3-13/h1-2,5H,3-4,13H2,(H,14,16)(H,15,17). The van der Waals surface area contributed by atoms with E-state index in [2.05, 4.69) is 5.32 Å². The maximum atomic E-state index is 13.1. The van der Waals surface area contributed by atoms with Crippen LogP contribution in [0.1, 0.15) is 0 Å². The highest BCUT2D eigenvalue weighted by Crippen LogP contribution is 2.14. The number of amides is 2. The molecule has 0 aromatic heterocycles. The first-order valence-electron chi connectivity index (χ1n) is 4.79. The lowest BCUT2D eigenvalue weighted by atomic mass is 10.3. The van der Waals surface area contributed by atoms with Crippen LogP contribution in [0.15, 0.2) is 18.2 Å². The molecular formula is C10H11F2N3O2. The van der Waals surface area contributed by atoms with Gasteiger partial charge in [0.15, 0.2) is 0 Å². The Bertz CT molecular complexity index is 438. The van der Waals surface area contributed by atoms with Crippen molar-refractivity contribution in [3.8, 4) is 0 Å². The molecule has 0 spiro atoms. The molecule has 0 aliphatic carbocycles. The number of hydrogen-bond acceptors (Lipinski definition) is 3. The minimum absolute atomic E-state index is 0.137. The van der Waals surface area contributed by atoms with Gasteiger partial charge >= 0.3 is 11.8 Å². The molecular weight excluding hydrogens is 232 g/mol. The fraction of sp³-hybridized carbons (Fsp3) is 0.200. The smallest absolute Gasteiger partial charge is 0.313 e. The molecule has 0 unspecified atom stereocenters. The summed E-state index contributed by atoms with van der Waals surface area (Å²) in [6, 6.07) is 2.60. The molecule has 0 heterocycles. The van der Waals surface area contributed by atoms with Gasteiger partial charge in [0.2, 0.25) is 0 Å². The van der Waals surface area contributed by atoms with E-state index in [0.717, 1.165) is 12.1 Å². The second kappa shape index (κ2) is 5.90. The van der Waals surface area contributed by atoms with Crippen LogP contribution in [-0.2, 0) is 9.59 Å². The predicted molar refractivity (Wildman–Crippen MR) is 57.1 cm³/mol. The van der Waals surface area contributed by atoms with E-state index in [0.29, 0.717) is 6.07 Å². The molecule has 92 valence electrons. The summed E-state index contributed by atoms with van der Waals surface area (Å²) >= 11 is 0. The molecule has 2 amide bonds. The van der Waals surface area contributed by atoms with Crippen LogP contribution in [0.25, 0.3) is 0 Å². The van der Waals surface area contributed by atoms with E-state index < -0.39 is 23.4 Å². The number of carbonyl (C=O) groups is 2. The highest BCUT2D eigenvalue weighted by atomic mass is 19.1. The Labute approximate surface area is 96.0 Å². The van der Waals surface area contributed by atoms with Gasteiger partial charge in [0.1, 0.15) is 11.6 Å². The lowest BCUT2D eigenvalue weighted by Gasteiger charge is -2.06. The van der Waals surface area contributed by atoms with Gasteiger partial charge in [-0.15, -0.1) is 0 Å². The maximum absolute atomic E-state index is 13.1. The molecule has 0 bridgehead atoms. The lowest BCUT2D eigenvalue weighted by molar-refractivity contribution is -0.136. The summed E-state index contributed by atoms with van der Waals surface area (Å²) < 4.78 is 25.7. The quantitative estimate of drug-likeness (QED) is 0.652. The van der Waals surface area contributed by atoms with E-state index in [4.69, 9.17) is 5.73 Å². The molecule has 0 aliphatic rings. The second-order valence-electron chi connectivity index (χ2n) is 3.12. The zero-order chi connectivity index (χ0) is 12.8. The summed E-state index contributed by atoms with van der Waals surface area (Å²) in [5.74, 6) is -3.69. The minimum Gasteiger partial charge on any atom is -0.347 e. The zero-order valence-corrected chi connectivity index (χ0v) is 8.80. The number of carbonyl (C=O) groups excluding carboxylic acids is 2. The van der Waals surface area contributed by atoms with Crippen molar-refractivity contribution in [2.75, 3.05) is 18.4 Å². The highest BCUT2D eigenvalue weighted by Gasteiger charge is 2.14. The highest BCUT2D eigenvalue weighted by molar-refractivity contribution is 6.39. The Balaban J connectivity index is 2.64. The van der Waals surface area contributed by atoms with E-state index >= 15 is 0 Å². The van der Waals surface area contributed by atoms with Crippen molar-refractivity contribution in [2.24, 2.45) is 5.73 Å². The molecule has 1 aromatic carbocycles. The van der Waals surface area contributed by atoms with Crippen LogP contribution in [0.4, 0.5) is 14.5 Å². The van der Waals surface area contributed by atoms with Crippen LogP contribution in [0.5, 0.6) is 0 Å². The molecule has 1 rings (SSSR count). The molecule has 5 nitrogen and oxygen atoms in total. The fourth-order valence-electron chi connectivity index (χ4n) is 1.04. The number of rotatable bonds is 3. The van der Waals surface area contributed by atoms with E-state index in [9.17, 15) is 18.4 Å². The Morgan fingerprint density at radius 1 is 1.24 bits per heavy atom. The molecule has 0 saturated heterocycles. The van der Waals surface area contributed by atoms with Crippen molar-refractivity contribution < 1.29 is 18.4 Å². The normalized spacial score (nSPS) is 9.82. The number of anilines is 1. The average molecular weight is 243 g/mol. The topological polar surface area (TPSA) is 84.2 Å². The van der Waals surface area contributed by atoms with Crippen LogP contribution in [0, 0.1) is 11.6 Å². The Morgan fingerprint density at radius 2 is 1.94 bits per heavy atom. The first-order valence-corrected chi connectivity index (χ1v) is 4.79. The molecule has 0 saturated carbocycles. The van der Waals surface area contributed by atoms with Crippen LogP contribution in [0.3, 0.4) is 0 Å².